The molecule has 3 aromatic rings. The molecule has 0 bridgehead atoms. The fourth-order valence-corrected chi connectivity index (χ4v) is 4.35. The lowest BCUT2D eigenvalue weighted by Gasteiger charge is -2.36. The van der Waals surface area contributed by atoms with Gasteiger partial charge in [0.1, 0.15) is 5.56 Å². The van der Waals surface area contributed by atoms with E-state index in [1.807, 2.05) is 24.3 Å². The summed E-state index contributed by atoms with van der Waals surface area (Å²) in [5, 5.41) is 8.95. The number of pyridine rings is 1. The van der Waals surface area contributed by atoms with Gasteiger partial charge in [0.2, 0.25) is 0 Å². The molecular weight excluding hydrogens is 408 g/mol. The molecule has 2 aromatic heterocycles. The fraction of sp³-hybridized carbons (Fsp3) is 0.458. The van der Waals surface area contributed by atoms with Gasteiger partial charge in [-0.1, -0.05) is 18.2 Å². The number of nitrogens with zero attached hydrogens (tertiary/aromatic N) is 3. The number of para-hydroxylation sites is 1. The lowest BCUT2D eigenvalue weighted by molar-refractivity contribution is -0.0631. The number of rotatable bonds is 6. The largest absolute Gasteiger partial charge is 0.462 e. The second-order valence-electron chi connectivity index (χ2n) is 8.76. The SMILES string of the molecule is CCOC(=O)c1cnn(-c2cc(=O)n(C)c3ccccc23)c1CNC1CCOC(C)(C)C1. The van der Waals surface area contributed by atoms with Crippen molar-refractivity contribution in [2.24, 2.45) is 7.05 Å². The van der Waals surface area contributed by atoms with Crippen molar-refractivity contribution >= 4 is 16.9 Å². The third kappa shape index (κ3) is 4.33. The first-order valence-electron chi connectivity index (χ1n) is 11.0. The Morgan fingerprint density at radius 3 is 2.88 bits per heavy atom. The molecule has 1 aliphatic heterocycles. The summed E-state index contributed by atoms with van der Waals surface area (Å²) in [4.78, 5) is 25.3. The predicted octanol–water partition coefficient (Wildman–Crippen LogP) is 2.95. The van der Waals surface area contributed by atoms with Crippen molar-refractivity contribution < 1.29 is 14.3 Å². The Morgan fingerprint density at radius 1 is 1.34 bits per heavy atom. The van der Waals surface area contributed by atoms with Gasteiger partial charge in [-0.3, -0.25) is 4.79 Å². The first-order chi connectivity index (χ1) is 15.3. The van der Waals surface area contributed by atoms with Crippen molar-refractivity contribution in [2.75, 3.05) is 13.2 Å². The molecule has 1 fully saturated rings. The number of benzene rings is 1. The van der Waals surface area contributed by atoms with E-state index in [4.69, 9.17) is 9.47 Å². The summed E-state index contributed by atoms with van der Waals surface area (Å²) in [6, 6.07) is 9.48. The van der Waals surface area contributed by atoms with E-state index in [-0.39, 0.29) is 23.8 Å². The topological polar surface area (TPSA) is 87.4 Å². The van der Waals surface area contributed by atoms with Crippen LogP contribution < -0.4 is 10.9 Å². The second kappa shape index (κ2) is 8.88. The van der Waals surface area contributed by atoms with Crippen LogP contribution in [0.3, 0.4) is 0 Å². The summed E-state index contributed by atoms with van der Waals surface area (Å²) in [7, 11) is 1.75. The zero-order valence-electron chi connectivity index (χ0n) is 19.1. The van der Waals surface area contributed by atoms with Gasteiger partial charge in [0, 0.05) is 37.7 Å². The van der Waals surface area contributed by atoms with Gasteiger partial charge >= 0.3 is 5.97 Å². The second-order valence-corrected chi connectivity index (χ2v) is 8.76. The number of fused-ring (bicyclic) bond motifs is 1. The van der Waals surface area contributed by atoms with Crippen molar-refractivity contribution in [3.05, 3.63) is 58.1 Å². The first-order valence-corrected chi connectivity index (χ1v) is 11.0. The first kappa shape index (κ1) is 22.2. The lowest BCUT2D eigenvalue weighted by atomic mass is 9.94. The maximum absolute atomic E-state index is 12.7. The van der Waals surface area contributed by atoms with Crippen LogP contribution in [0.1, 0.15) is 49.7 Å². The monoisotopic (exact) mass is 438 g/mol. The average Bonchev–Trinajstić information content (AvgIpc) is 3.18. The van der Waals surface area contributed by atoms with E-state index in [1.165, 1.54) is 6.20 Å². The van der Waals surface area contributed by atoms with E-state index in [1.54, 1.807) is 29.3 Å². The van der Waals surface area contributed by atoms with Gasteiger partial charge in [-0.15, -0.1) is 0 Å². The zero-order chi connectivity index (χ0) is 22.9. The van der Waals surface area contributed by atoms with Gasteiger partial charge in [-0.25, -0.2) is 9.48 Å². The molecule has 8 nitrogen and oxygen atoms in total. The van der Waals surface area contributed by atoms with Crippen LogP contribution in [0.5, 0.6) is 0 Å². The molecule has 8 heteroatoms. The van der Waals surface area contributed by atoms with Crippen LogP contribution in [-0.4, -0.2) is 45.2 Å². The molecule has 1 N–H and O–H groups in total. The van der Waals surface area contributed by atoms with E-state index in [2.05, 4.69) is 24.3 Å². The molecule has 1 saturated heterocycles. The minimum Gasteiger partial charge on any atom is -0.462 e. The van der Waals surface area contributed by atoms with Crippen molar-refractivity contribution in [1.29, 1.82) is 0 Å². The Labute approximate surface area is 187 Å². The van der Waals surface area contributed by atoms with E-state index in [0.717, 1.165) is 23.7 Å². The quantitative estimate of drug-likeness (QED) is 0.596. The minimum absolute atomic E-state index is 0.142. The van der Waals surface area contributed by atoms with Gasteiger partial charge in [0.05, 0.1) is 35.3 Å². The fourth-order valence-electron chi connectivity index (χ4n) is 4.35. The lowest BCUT2D eigenvalue weighted by Crippen LogP contribution is -2.43. The van der Waals surface area contributed by atoms with Gasteiger partial charge in [-0.2, -0.15) is 5.10 Å². The maximum Gasteiger partial charge on any atom is 0.341 e. The summed E-state index contributed by atoms with van der Waals surface area (Å²) >= 11 is 0. The molecule has 0 amide bonds. The Hall–Kier alpha value is -2.97. The highest BCUT2D eigenvalue weighted by Gasteiger charge is 2.29. The minimum atomic E-state index is -0.420. The molecule has 170 valence electrons. The molecule has 32 heavy (non-hydrogen) atoms. The molecule has 1 aliphatic rings. The number of carbonyl (C=O) groups is 1. The van der Waals surface area contributed by atoms with E-state index in [9.17, 15) is 9.59 Å². The van der Waals surface area contributed by atoms with Gasteiger partial charge in [0.15, 0.2) is 0 Å². The molecule has 1 aromatic carbocycles. The van der Waals surface area contributed by atoms with Crippen molar-refractivity contribution in [1.82, 2.24) is 19.7 Å². The van der Waals surface area contributed by atoms with Crippen molar-refractivity contribution in [2.45, 2.75) is 51.8 Å². The van der Waals surface area contributed by atoms with Crippen LogP contribution in [0.15, 0.2) is 41.3 Å². The van der Waals surface area contributed by atoms with Crippen molar-refractivity contribution in [3.63, 3.8) is 0 Å². The number of hydrogen-bond donors (Lipinski definition) is 1. The molecule has 0 aliphatic carbocycles. The third-order valence-corrected chi connectivity index (χ3v) is 5.98. The number of nitrogens with one attached hydrogen (secondary N) is 1. The van der Waals surface area contributed by atoms with Crippen LogP contribution >= 0.6 is 0 Å². The van der Waals surface area contributed by atoms with Gasteiger partial charge < -0.3 is 19.4 Å². The number of esters is 1. The smallest absolute Gasteiger partial charge is 0.341 e. The number of aryl methyl sites for hydroxylation is 1. The van der Waals surface area contributed by atoms with E-state index < -0.39 is 5.97 Å². The summed E-state index contributed by atoms with van der Waals surface area (Å²) in [6.07, 6.45) is 3.28. The summed E-state index contributed by atoms with van der Waals surface area (Å²) in [6.45, 7) is 7.33. The highest BCUT2D eigenvalue weighted by atomic mass is 16.5. The number of aromatic nitrogens is 3. The molecule has 1 atom stereocenters. The highest BCUT2D eigenvalue weighted by molar-refractivity contribution is 5.92. The molecule has 0 radical (unpaired) electrons. The Bertz CT molecular complexity index is 1190. The summed E-state index contributed by atoms with van der Waals surface area (Å²) in [5.74, 6) is -0.420. The summed E-state index contributed by atoms with van der Waals surface area (Å²) in [5.41, 5.74) is 2.18. The Balaban J connectivity index is 1.77. The number of carbonyl (C=O) groups excluding carboxylic acids is 1. The Kier molecular flexibility index (Phi) is 6.17. The molecule has 0 spiro atoms. The number of hydrogen-bond acceptors (Lipinski definition) is 6. The normalized spacial score (nSPS) is 18.1. The van der Waals surface area contributed by atoms with Crippen molar-refractivity contribution in [3.8, 4) is 5.69 Å². The standard InChI is InChI=1S/C24H30N4O4/c1-5-31-23(30)18-14-26-28(21(18)15-25-16-10-11-32-24(2,3)13-16)20-12-22(29)27(4)19-9-7-6-8-17(19)20/h6-9,12,14,16,25H,5,10-11,13,15H2,1-4H3. The van der Waals surface area contributed by atoms with Crippen LogP contribution in [0.25, 0.3) is 16.6 Å². The zero-order valence-corrected chi connectivity index (χ0v) is 19.1. The molecule has 3 heterocycles. The summed E-state index contributed by atoms with van der Waals surface area (Å²) < 4.78 is 14.4. The van der Waals surface area contributed by atoms with Gasteiger partial charge in [0.25, 0.3) is 5.56 Å². The van der Waals surface area contributed by atoms with Crippen LogP contribution in [0.2, 0.25) is 0 Å². The van der Waals surface area contributed by atoms with E-state index >= 15 is 0 Å². The van der Waals surface area contributed by atoms with Crippen LogP contribution in [0.4, 0.5) is 0 Å². The Morgan fingerprint density at radius 2 is 2.12 bits per heavy atom. The van der Waals surface area contributed by atoms with E-state index in [0.29, 0.717) is 30.1 Å². The molecule has 0 saturated carbocycles. The average molecular weight is 439 g/mol. The predicted molar refractivity (Wildman–Crippen MR) is 122 cm³/mol. The maximum atomic E-state index is 12.7. The molecule has 4 rings (SSSR count). The van der Waals surface area contributed by atoms with Crippen LogP contribution in [-0.2, 0) is 23.1 Å². The molecular formula is C24H30N4O4. The molecule has 1 unspecified atom stereocenters. The van der Waals surface area contributed by atoms with Gasteiger partial charge in [-0.05, 0) is 39.7 Å². The third-order valence-electron chi connectivity index (χ3n) is 5.98. The number of ether oxygens (including phenoxy) is 2. The highest BCUT2D eigenvalue weighted by Crippen LogP contribution is 2.26. The van der Waals surface area contributed by atoms with Crippen LogP contribution in [0, 0.1) is 0 Å².